The Balaban J connectivity index is 1.48. The zero-order chi connectivity index (χ0) is 22.0. The molecule has 1 atom stereocenters. The quantitative estimate of drug-likeness (QED) is 0.666. The molecule has 0 aromatic carbocycles. The highest BCUT2D eigenvalue weighted by Gasteiger charge is 2.27. The van der Waals surface area contributed by atoms with E-state index in [0.717, 1.165) is 48.0 Å². The maximum absolute atomic E-state index is 11.0. The number of hydrogen-bond acceptors (Lipinski definition) is 8. The summed E-state index contributed by atoms with van der Waals surface area (Å²) in [6.07, 6.45) is 5.28. The molecule has 9 nitrogen and oxygen atoms in total. The van der Waals surface area contributed by atoms with Crippen molar-refractivity contribution < 1.29 is 9.90 Å². The molecule has 3 aromatic rings. The summed E-state index contributed by atoms with van der Waals surface area (Å²) in [5.74, 6) is 0.510. The molecule has 1 saturated heterocycles. The molecule has 1 aliphatic rings. The average molecular weight is 419 g/mol. The van der Waals surface area contributed by atoms with Gasteiger partial charge in [-0.2, -0.15) is 5.10 Å². The first-order chi connectivity index (χ1) is 14.9. The Morgan fingerprint density at radius 2 is 1.94 bits per heavy atom. The van der Waals surface area contributed by atoms with Crippen LogP contribution in [0.4, 0.5) is 11.6 Å². The summed E-state index contributed by atoms with van der Waals surface area (Å²) in [6.45, 7) is 8.56. The zero-order valence-corrected chi connectivity index (χ0v) is 17.9. The van der Waals surface area contributed by atoms with E-state index in [1.165, 1.54) is 12.4 Å². The van der Waals surface area contributed by atoms with Crippen molar-refractivity contribution in [3.05, 3.63) is 65.0 Å². The summed E-state index contributed by atoms with van der Waals surface area (Å²) < 4.78 is 0. The molecule has 9 heteroatoms. The lowest BCUT2D eigenvalue weighted by molar-refractivity contribution is 0.0690. The number of hydrogen-bond donors (Lipinski definition) is 1. The van der Waals surface area contributed by atoms with Gasteiger partial charge in [-0.3, -0.25) is 4.98 Å². The van der Waals surface area contributed by atoms with E-state index in [-0.39, 0.29) is 11.7 Å². The van der Waals surface area contributed by atoms with Crippen LogP contribution in [-0.2, 0) is 6.42 Å². The first-order valence-corrected chi connectivity index (χ1v) is 10.2. The van der Waals surface area contributed by atoms with E-state index in [2.05, 4.69) is 55.7 Å². The van der Waals surface area contributed by atoms with E-state index in [1.54, 1.807) is 6.20 Å². The number of piperazine rings is 1. The zero-order valence-electron chi connectivity index (χ0n) is 17.9. The van der Waals surface area contributed by atoms with E-state index in [1.807, 2.05) is 18.2 Å². The van der Waals surface area contributed by atoms with Gasteiger partial charge in [0.2, 0.25) is 0 Å². The minimum Gasteiger partial charge on any atom is -0.476 e. The van der Waals surface area contributed by atoms with Crippen molar-refractivity contribution in [2.45, 2.75) is 33.2 Å². The lowest BCUT2D eigenvalue weighted by atomic mass is 10.0. The molecule has 3 aromatic heterocycles. The van der Waals surface area contributed by atoms with Gasteiger partial charge in [0.25, 0.3) is 0 Å². The largest absolute Gasteiger partial charge is 0.476 e. The van der Waals surface area contributed by atoms with Gasteiger partial charge in [-0.15, -0.1) is 5.10 Å². The van der Waals surface area contributed by atoms with Crippen LogP contribution in [0.1, 0.15) is 39.9 Å². The second-order valence-electron chi connectivity index (χ2n) is 7.77. The first-order valence-electron chi connectivity index (χ1n) is 10.2. The molecule has 31 heavy (non-hydrogen) atoms. The van der Waals surface area contributed by atoms with E-state index in [9.17, 15) is 4.79 Å². The number of pyridine rings is 1. The third-order valence-corrected chi connectivity index (χ3v) is 5.75. The number of carbonyl (C=O) groups is 1. The highest BCUT2D eigenvalue weighted by molar-refractivity contribution is 5.84. The molecule has 160 valence electrons. The van der Waals surface area contributed by atoms with Crippen LogP contribution in [0.3, 0.4) is 0 Å². The number of rotatable bonds is 5. The van der Waals surface area contributed by atoms with Gasteiger partial charge in [0.15, 0.2) is 11.5 Å². The summed E-state index contributed by atoms with van der Waals surface area (Å²) >= 11 is 0. The number of carboxylic acids is 1. The van der Waals surface area contributed by atoms with Crippen LogP contribution in [0, 0.1) is 13.8 Å². The number of carboxylic acid groups (broad SMARTS) is 1. The van der Waals surface area contributed by atoms with Crippen molar-refractivity contribution in [3.63, 3.8) is 0 Å². The fourth-order valence-electron chi connectivity index (χ4n) is 3.85. The molecule has 4 heterocycles. The van der Waals surface area contributed by atoms with Gasteiger partial charge < -0.3 is 14.9 Å². The number of aromatic carboxylic acids is 1. The summed E-state index contributed by atoms with van der Waals surface area (Å²) in [5, 5.41) is 18.1. The van der Waals surface area contributed by atoms with Crippen molar-refractivity contribution in [1.82, 2.24) is 25.1 Å². The third kappa shape index (κ3) is 4.30. The second-order valence-corrected chi connectivity index (χ2v) is 7.77. The minimum atomic E-state index is -1.08. The van der Waals surface area contributed by atoms with E-state index >= 15 is 0 Å². The molecule has 1 fully saturated rings. The van der Waals surface area contributed by atoms with E-state index < -0.39 is 5.97 Å². The van der Waals surface area contributed by atoms with Gasteiger partial charge in [-0.25, -0.2) is 14.8 Å². The maximum Gasteiger partial charge on any atom is 0.356 e. The summed E-state index contributed by atoms with van der Waals surface area (Å²) in [7, 11) is 0. The van der Waals surface area contributed by atoms with Crippen LogP contribution in [-0.4, -0.2) is 61.9 Å². The summed E-state index contributed by atoms with van der Waals surface area (Å²) in [4.78, 5) is 28.1. The van der Waals surface area contributed by atoms with E-state index in [0.29, 0.717) is 12.2 Å². The predicted octanol–water partition coefficient (Wildman–Crippen LogP) is 2.28. The van der Waals surface area contributed by atoms with Crippen LogP contribution in [0.5, 0.6) is 0 Å². The molecule has 0 radical (unpaired) electrons. The standard InChI is InChI=1S/C22H25N7O2/c1-14-13-28(8-9-29(14)20-12-24-19(11-25-20)22(30)31)21-16(3)15(2)18(26-27-21)10-17-6-4-5-7-23-17/h4-7,11-12,14H,8-10,13H2,1-3H3,(H,30,31)/t14-/m1/s1. The van der Waals surface area contributed by atoms with Crippen LogP contribution >= 0.6 is 0 Å². The molecule has 0 unspecified atom stereocenters. The minimum absolute atomic E-state index is 0.0535. The molecule has 0 saturated carbocycles. The fraction of sp³-hybridized carbons (Fsp3) is 0.364. The van der Waals surface area contributed by atoms with Crippen molar-refractivity contribution in [1.29, 1.82) is 0 Å². The Bertz CT molecular complexity index is 1070. The Labute approximate surface area is 180 Å². The third-order valence-electron chi connectivity index (χ3n) is 5.75. The molecular formula is C22H25N7O2. The summed E-state index contributed by atoms with van der Waals surface area (Å²) in [5.41, 5.74) is 4.14. The molecule has 0 amide bonds. The molecule has 0 spiro atoms. The average Bonchev–Trinajstić information content (AvgIpc) is 2.78. The Kier molecular flexibility index (Phi) is 5.75. The maximum atomic E-state index is 11.0. The van der Waals surface area contributed by atoms with Crippen molar-refractivity contribution in [2.75, 3.05) is 29.4 Å². The topological polar surface area (TPSA) is 108 Å². The van der Waals surface area contributed by atoms with Crippen molar-refractivity contribution in [3.8, 4) is 0 Å². The predicted molar refractivity (Wildman–Crippen MR) is 117 cm³/mol. The Hall–Kier alpha value is -3.62. The number of anilines is 2. The number of nitrogens with zero attached hydrogens (tertiary/aromatic N) is 7. The van der Waals surface area contributed by atoms with E-state index in [4.69, 9.17) is 5.11 Å². The molecule has 1 aliphatic heterocycles. The molecule has 1 N–H and O–H groups in total. The smallest absolute Gasteiger partial charge is 0.356 e. The van der Waals surface area contributed by atoms with Gasteiger partial charge in [0.05, 0.1) is 18.1 Å². The highest BCUT2D eigenvalue weighted by atomic mass is 16.4. The Morgan fingerprint density at radius 3 is 2.58 bits per heavy atom. The lowest BCUT2D eigenvalue weighted by Gasteiger charge is -2.41. The van der Waals surface area contributed by atoms with Crippen molar-refractivity contribution in [2.24, 2.45) is 0 Å². The molecule has 4 rings (SSSR count). The van der Waals surface area contributed by atoms with Gasteiger partial charge in [-0.05, 0) is 44.0 Å². The SMILES string of the molecule is Cc1c(Cc2ccccn2)nnc(N2CCN(c3cnc(C(=O)O)cn3)[C@H](C)C2)c1C. The van der Waals surface area contributed by atoms with Crippen LogP contribution in [0.2, 0.25) is 0 Å². The van der Waals surface area contributed by atoms with Gasteiger partial charge >= 0.3 is 5.97 Å². The monoisotopic (exact) mass is 419 g/mol. The molecule has 0 aliphatic carbocycles. The first kappa shape index (κ1) is 20.6. The van der Waals surface area contributed by atoms with Gasteiger partial charge in [0, 0.05) is 44.0 Å². The van der Waals surface area contributed by atoms with Crippen molar-refractivity contribution >= 4 is 17.6 Å². The molecule has 0 bridgehead atoms. The van der Waals surface area contributed by atoms with Gasteiger partial charge in [-0.1, -0.05) is 6.07 Å². The van der Waals surface area contributed by atoms with Crippen LogP contribution in [0.25, 0.3) is 0 Å². The summed E-state index contributed by atoms with van der Waals surface area (Å²) in [6, 6.07) is 6.04. The molecular weight excluding hydrogens is 394 g/mol. The highest BCUT2D eigenvalue weighted by Crippen LogP contribution is 2.26. The van der Waals surface area contributed by atoms with Crippen LogP contribution < -0.4 is 9.80 Å². The van der Waals surface area contributed by atoms with Gasteiger partial charge in [0.1, 0.15) is 5.82 Å². The normalized spacial score (nSPS) is 16.4. The second kappa shape index (κ2) is 8.63. The van der Waals surface area contributed by atoms with Crippen LogP contribution in [0.15, 0.2) is 36.8 Å². The Morgan fingerprint density at radius 1 is 1.10 bits per heavy atom. The number of aromatic nitrogens is 5. The fourth-order valence-corrected chi connectivity index (χ4v) is 3.85. The lowest BCUT2D eigenvalue weighted by Crippen LogP contribution is -2.53.